The van der Waals surface area contributed by atoms with Crippen molar-refractivity contribution in [2.75, 3.05) is 19.7 Å². The van der Waals surface area contributed by atoms with E-state index in [9.17, 15) is 0 Å². The van der Waals surface area contributed by atoms with E-state index in [0.717, 1.165) is 31.1 Å². The number of unbranched alkanes of at least 4 members (excludes halogenated alkanes) is 5. The molecule has 0 amide bonds. The average molecular weight is 312 g/mol. The fraction of sp³-hybridized carbons (Fsp3) is 0.667. The molecular formula is C18H30ClNO. The summed E-state index contributed by atoms with van der Waals surface area (Å²) in [7, 11) is 0. The Labute approximate surface area is 135 Å². The molecule has 0 fully saturated rings. The predicted octanol–water partition coefficient (Wildman–Crippen LogP) is 5.37. The maximum Gasteiger partial charge on any atom is 0.0949 e. The highest BCUT2D eigenvalue weighted by molar-refractivity contribution is 6.30. The van der Waals surface area contributed by atoms with Crippen LogP contribution >= 0.6 is 11.6 Å². The van der Waals surface area contributed by atoms with Gasteiger partial charge in [0.25, 0.3) is 0 Å². The van der Waals surface area contributed by atoms with Crippen LogP contribution in [-0.2, 0) is 4.74 Å². The zero-order valence-electron chi connectivity index (χ0n) is 13.5. The molecule has 1 N–H and O–H groups in total. The standard InChI is InChI=1S/C18H30ClNO/c1-3-5-6-7-8-9-14-21-18(15-20-4-2)16-10-12-17(19)13-11-16/h10-13,18,20H,3-9,14-15H2,1-2H3. The first kappa shape index (κ1) is 18.5. The summed E-state index contributed by atoms with van der Waals surface area (Å²) in [5.74, 6) is 0. The van der Waals surface area contributed by atoms with Gasteiger partial charge in [0.2, 0.25) is 0 Å². The van der Waals surface area contributed by atoms with Crippen LogP contribution in [0.5, 0.6) is 0 Å². The van der Waals surface area contributed by atoms with Crippen LogP contribution in [0.2, 0.25) is 5.02 Å². The lowest BCUT2D eigenvalue weighted by molar-refractivity contribution is 0.0502. The Balaban J connectivity index is 2.31. The molecule has 1 aromatic rings. The number of benzene rings is 1. The minimum atomic E-state index is 0.123. The minimum Gasteiger partial charge on any atom is -0.372 e. The van der Waals surface area contributed by atoms with E-state index in [0.29, 0.717) is 0 Å². The molecule has 0 bridgehead atoms. The Morgan fingerprint density at radius 3 is 2.33 bits per heavy atom. The lowest BCUT2D eigenvalue weighted by atomic mass is 10.1. The fourth-order valence-corrected chi connectivity index (χ4v) is 2.46. The van der Waals surface area contributed by atoms with Crippen molar-refractivity contribution in [2.24, 2.45) is 0 Å². The van der Waals surface area contributed by atoms with Gasteiger partial charge in [-0.25, -0.2) is 0 Å². The molecule has 0 radical (unpaired) electrons. The second-order valence-corrected chi connectivity index (χ2v) is 5.92. The number of hydrogen-bond donors (Lipinski definition) is 1. The third-order valence-corrected chi connectivity index (χ3v) is 3.89. The van der Waals surface area contributed by atoms with E-state index in [4.69, 9.17) is 16.3 Å². The maximum absolute atomic E-state index is 6.07. The molecule has 0 aromatic heterocycles. The Bertz CT molecular complexity index is 353. The van der Waals surface area contributed by atoms with Gasteiger partial charge in [-0.1, -0.05) is 69.7 Å². The van der Waals surface area contributed by atoms with E-state index in [1.807, 2.05) is 12.1 Å². The normalized spacial score (nSPS) is 12.5. The fourth-order valence-electron chi connectivity index (χ4n) is 2.33. The summed E-state index contributed by atoms with van der Waals surface area (Å²) in [6, 6.07) is 7.99. The summed E-state index contributed by atoms with van der Waals surface area (Å²) in [6.45, 7) is 7.02. The monoisotopic (exact) mass is 311 g/mol. The number of rotatable bonds is 12. The second-order valence-electron chi connectivity index (χ2n) is 5.49. The third kappa shape index (κ3) is 8.45. The van der Waals surface area contributed by atoms with E-state index in [2.05, 4.69) is 31.3 Å². The first-order chi connectivity index (χ1) is 10.3. The van der Waals surface area contributed by atoms with E-state index < -0.39 is 0 Å². The van der Waals surface area contributed by atoms with Crippen LogP contribution in [0.4, 0.5) is 0 Å². The molecule has 0 aliphatic carbocycles. The van der Waals surface area contributed by atoms with Gasteiger partial charge in [-0.15, -0.1) is 0 Å². The van der Waals surface area contributed by atoms with Crippen LogP contribution in [0.3, 0.4) is 0 Å². The van der Waals surface area contributed by atoms with Crippen molar-refractivity contribution < 1.29 is 4.74 Å². The van der Waals surface area contributed by atoms with E-state index >= 15 is 0 Å². The summed E-state index contributed by atoms with van der Waals surface area (Å²) in [6.07, 6.45) is 7.89. The smallest absolute Gasteiger partial charge is 0.0949 e. The number of nitrogens with one attached hydrogen (secondary N) is 1. The molecule has 1 rings (SSSR count). The van der Waals surface area contributed by atoms with Crippen molar-refractivity contribution in [2.45, 2.75) is 58.5 Å². The zero-order valence-corrected chi connectivity index (χ0v) is 14.3. The molecule has 1 atom stereocenters. The molecule has 0 aliphatic rings. The topological polar surface area (TPSA) is 21.3 Å². The molecule has 3 heteroatoms. The van der Waals surface area contributed by atoms with Crippen LogP contribution in [0, 0.1) is 0 Å². The van der Waals surface area contributed by atoms with Crippen molar-refractivity contribution in [1.29, 1.82) is 0 Å². The largest absolute Gasteiger partial charge is 0.372 e. The molecule has 120 valence electrons. The van der Waals surface area contributed by atoms with Crippen LogP contribution in [-0.4, -0.2) is 19.7 Å². The molecule has 1 aromatic carbocycles. The third-order valence-electron chi connectivity index (χ3n) is 3.64. The van der Waals surface area contributed by atoms with Crippen LogP contribution in [0.1, 0.15) is 64.0 Å². The van der Waals surface area contributed by atoms with Gasteiger partial charge in [-0.2, -0.15) is 0 Å². The van der Waals surface area contributed by atoms with Crippen LogP contribution in [0.15, 0.2) is 24.3 Å². The number of halogens is 1. The van der Waals surface area contributed by atoms with Gasteiger partial charge in [0, 0.05) is 18.2 Å². The molecule has 0 heterocycles. The highest BCUT2D eigenvalue weighted by Gasteiger charge is 2.11. The number of ether oxygens (including phenoxy) is 1. The van der Waals surface area contributed by atoms with Crippen molar-refractivity contribution in [1.82, 2.24) is 5.32 Å². The molecule has 0 saturated heterocycles. The van der Waals surface area contributed by atoms with Gasteiger partial charge in [-0.3, -0.25) is 0 Å². The lowest BCUT2D eigenvalue weighted by Crippen LogP contribution is -2.23. The number of hydrogen-bond acceptors (Lipinski definition) is 2. The van der Waals surface area contributed by atoms with Crippen molar-refractivity contribution in [3.05, 3.63) is 34.9 Å². The lowest BCUT2D eigenvalue weighted by Gasteiger charge is -2.19. The minimum absolute atomic E-state index is 0.123. The van der Waals surface area contributed by atoms with Gasteiger partial charge >= 0.3 is 0 Å². The summed E-state index contributed by atoms with van der Waals surface area (Å²) in [5.41, 5.74) is 1.20. The van der Waals surface area contributed by atoms with Gasteiger partial charge in [0.15, 0.2) is 0 Å². The molecule has 2 nitrogen and oxygen atoms in total. The van der Waals surface area contributed by atoms with E-state index in [1.165, 1.54) is 37.7 Å². The molecule has 0 spiro atoms. The number of likely N-dealkylation sites (N-methyl/N-ethyl adjacent to an activating group) is 1. The second kappa shape index (κ2) is 12.0. The van der Waals surface area contributed by atoms with Gasteiger partial charge < -0.3 is 10.1 Å². The SMILES string of the molecule is CCCCCCCCOC(CNCC)c1ccc(Cl)cc1. The highest BCUT2D eigenvalue weighted by atomic mass is 35.5. The molecule has 0 aliphatic heterocycles. The maximum atomic E-state index is 6.07. The quantitative estimate of drug-likeness (QED) is 0.524. The zero-order chi connectivity index (χ0) is 15.3. The summed E-state index contributed by atoms with van der Waals surface area (Å²) in [4.78, 5) is 0. The average Bonchev–Trinajstić information content (AvgIpc) is 2.50. The molecular weight excluding hydrogens is 282 g/mol. The predicted molar refractivity (Wildman–Crippen MR) is 92.1 cm³/mol. The van der Waals surface area contributed by atoms with Crippen molar-refractivity contribution in [3.63, 3.8) is 0 Å². The molecule has 0 saturated carbocycles. The Morgan fingerprint density at radius 1 is 1.00 bits per heavy atom. The Hall–Kier alpha value is -0.570. The van der Waals surface area contributed by atoms with Crippen molar-refractivity contribution in [3.8, 4) is 0 Å². The summed E-state index contributed by atoms with van der Waals surface area (Å²) in [5, 5.41) is 4.15. The first-order valence-corrected chi connectivity index (χ1v) is 8.73. The van der Waals surface area contributed by atoms with Crippen molar-refractivity contribution >= 4 is 11.6 Å². The highest BCUT2D eigenvalue weighted by Crippen LogP contribution is 2.20. The molecule has 1 unspecified atom stereocenters. The van der Waals surface area contributed by atoms with E-state index in [1.54, 1.807) is 0 Å². The molecule has 21 heavy (non-hydrogen) atoms. The van der Waals surface area contributed by atoms with Crippen LogP contribution < -0.4 is 5.32 Å². The summed E-state index contributed by atoms with van der Waals surface area (Å²) >= 11 is 5.95. The van der Waals surface area contributed by atoms with Crippen LogP contribution in [0.25, 0.3) is 0 Å². The Kier molecular flexibility index (Phi) is 10.6. The van der Waals surface area contributed by atoms with E-state index in [-0.39, 0.29) is 6.10 Å². The first-order valence-electron chi connectivity index (χ1n) is 8.35. The Morgan fingerprint density at radius 2 is 1.67 bits per heavy atom. The van der Waals surface area contributed by atoms with Gasteiger partial charge in [-0.05, 0) is 30.7 Å². The summed E-state index contributed by atoms with van der Waals surface area (Å²) < 4.78 is 6.07. The van der Waals surface area contributed by atoms with Gasteiger partial charge in [0.1, 0.15) is 0 Å². The van der Waals surface area contributed by atoms with Gasteiger partial charge in [0.05, 0.1) is 6.10 Å².